The molecule has 0 aliphatic heterocycles. The van der Waals surface area contributed by atoms with Crippen LogP contribution in [0.3, 0.4) is 0 Å². The summed E-state index contributed by atoms with van der Waals surface area (Å²) < 4.78 is 0. The van der Waals surface area contributed by atoms with E-state index in [-0.39, 0.29) is 5.41 Å². The fourth-order valence-corrected chi connectivity index (χ4v) is 5.84. The van der Waals surface area contributed by atoms with Crippen LogP contribution in [0.15, 0.2) is 48.5 Å². The summed E-state index contributed by atoms with van der Waals surface area (Å²) in [5.74, 6) is 0.634. The Morgan fingerprint density at radius 2 is 1.81 bits per heavy atom. The van der Waals surface area contributed by atoms with E-state index in [4.69, 9.17) is 0 Å². The van der Waals surface area contributed by atoms with Gasteiger partial charge in [-0.2, -0.15) is 0 Å². The molecule has 1 saturated carbocycles. The average Bonchev–Trinajstić information content (AvgIpc) is 2.63. The second kappa shape index (κ2) is 6.35. The first-order valence-corrected chi connectivity index (χ1v) is 10.1. The Morgan fingerprint density at radius 1 is 1.07 bits per heavy atom. The maximum atomic E-state index is 11.6. The second-order valence-electron chi connectivity index (χ2n) is 8.94. The number of phenols is 1. The zero-order valence-electron chi connectivity index (χ0n) is 16.3. The van der Waals surface area contributed by atoms with Crippen molar-refractivity contribution in [2.45, 2.75) is 69.0 Å². The van der Waals surface area contributed by atoms with Gasteiger partial charge in [0.05, 0.1) is 11.2 Å². The molecule has 4 atom stereocenters. The molecule has 2 aromatic rings. The third-order valence-corrected chi connectivity index (χ3v) is 7.39. The lowest BCUT2D eigenvalue weighted by atomic mass is 9.49. The molecule has 4 rings (SSSR count). The normalized spacial score (nSPS) is 35.3. The minimum absolute atomic E-state index is 0.145. The summed E-state index contributed by atoms with van der Waals surface area (Å²) in [4.78, 5) is 0. The van der Waals surface area contributed by atoms with E-state index in [1.807, 2.05) is 42.5 Å². The van der Waals surface area contributed by atoms with Crippen LogP contribution in [-0.4, -0.2) is 26.5 Å². The van der Waals surface area contributed by atoms with Crippen LogP contribution < -0.4 is 0 Å². The highest BCUT2D eigenvalue weighted by molar-refractivity contribution is 5.44. The summed E-state index contributed by atoms with van der Waals surface area (Å²) in [6, 6.07) is 15.7. The predicted molar refractivity (Wildman–Crippen MR) is 107 cm³/mol. The first-order chi connectivity index (χ1) is 12.8. The van der Waals surface area contributed by atoms with Crippen LogP contribution in [0.1, 0.15) is 56.2 Å². The van der Waals surface area contributed by atoms with Crippen LogP contribution in [-0.2, 0) is 18.3 Å². The van der Waals surface area contributed by atoms with Gasteiger partial charge in [-0.05, 0) is 73.8 Å². The number of benzene rings is 2. The molecule has 2 aromatic carbocycles. The molecule has 3 heteroatoms. The molecule has 3 unspecified atom stereocenters. The highest BCUT2D eigenvalue weighted by Crippen LogP contribution is 2.58. The molecule has 3 nitrogen and oxygen atoms in total. The summed E-state index contributed by atoms with van der Waals surface area (Å²) in [7, 11) is 0. The van der Waals surface area contributed by atoms with E-state index < -0.39 is 11.2 Å². The third kappa shape index (κ3) is 2.88. The zero-order chi connectivity index (χ0) is 19.3. The Morgan fingerprint density at radius 3 is 2.52 bits per heavy atom. The van der Waals surface area contributed by atoms with Gasteiger partial charge in [-0.1, -0.05) is 43.3 Å². The van der Waals surface area contributed by atoms with Crippen LogP contribution in [0.2, 0.25) is 0 Å². The smallest absolute Gasteiger partial charge is 0.115 e. The minimum Gasteiger partial charge on any atom is -0.508 e. The van der Waals surface area contributed by atoms with Crippen molar-refractivity contribution < 1.29 is 15.3 Å². The van der Waals surface area contributed by atoms with Crippen LogP contribution in [0.5, 0.6) is 5.75 Å². The van der Waals surface area contributed by atoms with Gasteiger partial charge in [0.25, 0.3) is 0 Å². The molecule has 1 fully saturated rings. The molecule has 0 saturated heterocycles. The van der Waals surface area contributed by atoms with Crippen molar-refractivity contribution in [1.29, 1.82) is 0 Å². The third-order valence-electron chi connectivity index (χ3n) is 7.39. The maximum absolute atomic E-state index is 11.6. The Kier molecular flexibility index (Phi) is 4.36. The van der Waals surface area contributed by atoms with Gasteiger partial charge in [0.1, 0.15) is 5.75 Å². The van der Waals surface area contributed by atoms with E-state index in [1.54, 1.807) is 13.0 Å². The van der Waals surface area contributed by atoms with Crippen LogP contribution in [0.4, 0.5) is 0 Å². The van der Waals surface area contributed by atoms with E-state index in [1.165, 1.54) is 11.1 Å². The van der Waals surface area contributed by atoms with E-state index >= 15 is 0 Å². The summed E-state index contributed by atoms with van der Waals surface area (Å²) in [6.45, 7) is 3.99. The standard InChI is InChI=1S/C24H30O3/c1-3-23-16-22(2,26)24(27,14-17-7-5-4-6-8-17)15-19(23)10-9-18-13-20(25)11-12-21(18)23/h4-8,11-13,19,25-27H,3,9-10,14-16H2,1-2H3/t19-,22?,23?,24?/m1/s1. The molecule has 3 N–H and O–H groups in total. The maximum Gasteiger partial charge on any atom is 0.115 e. The van der Waals surface area contributed by atoms with Crippen LogP contribution in [0.25, 0.3) is 0 Å². The number of phenolic OH excluding ortho intramolecular Hbond substituents is 1. The molecule has 0 heterocycles. The first kappa shape index (κ1) is 18.5. The quantitative estimate of drug-likeness (QED) is 0.766. The van der Waals surface area contributed by atoms with Gasteiger partial charge in [-0.15, -0.1) is 0 Å². The van der Waals surface area contributed by atoms with Gasteiger partial charge >= 0.3 is 0 Å². The van der Waals surface area contributed by atoms with E-state index in [9.17, 15) is 15.3 Å². The predicted octanol–water partition coefficient (Wildman–Crippen LogP) is 4.12. The Labute approximate surface area is 161 Å². The number of hydrogen-bond donors (Lipinski definition) is 3. The zero-order valence-corrected chi connectivity index (χ0v) is 16.3. The van der Waals surface area contributed by atoms with Crippen LogP contribution in [0, 0.1) is 5.92 Å². The number of hydrogen-bond acceptors (Lipinski definition) is 3. The van der Waals surface area contributed by atoms with Crippen molar-refractivity contribution in [2.24, 2.45) is 5.92 Å². The highest BCUT2D eigenvalue weighted by Gasteiger charge is 2.60. The number of aliphatic hydroxyl groups is 2. The Balaban J connectivity index is 1.74. The lowest BCUT2D eigenvalue weighted by Gasteiger charge is -2.59. The Hall–Kier alpha value is -1.84. The summed E-state index contributed by atoms with van der Waals surface area (Å²) in [5, 5.41) is 33.0. The van der Waals surface area contributed by atoms with Gasteiger partial charge < -0.3 is 15.3 Å². The molecule has 2 aliphatic carbocycles. The molecule has 27 heavy (non-hydrogen) atoms. The number of aromatic hydroxyl groups is 1. The van der Waals surface area contributed by atoms with Crippen molar-refractivity contribution in [2.75, 3.05) is 0 Å². The van der Waals surface area contributed by atoms with Gasteiger partial charge in [-0.3, -0.25) is 0 Å². The molecule has 2 aliphatic rings. The number of fused-ring (bicyclic) bond motifs is 3. The number of aryl methyl sites for hydroxylation is 1. The lowest BCUT2D eigenvalue weighted by molar-refractivity contribution is -0.198. The SMILES string of the molecule is CCC12CC(C)(O)C(O)(Cc3ccccc3)C[C@H]1CCc1cc(O)ccc12. The van der Waals surface area contributed by atoms with Crippen molar-refractivity contribution in [3.05, 3.63) is 65.2 Å². The highest BCUT2D eigenvalue weighted by atomic mass is 16.4. The van der Waals surface area contributed by atoms with Crippen molar-refractivity contribution in [3.63, 3.8) is 0 Å². The van der Waals surface area contributed by atoms with Gasteiger partial charge in [0, 0.05) is 11.8 Å². The minimum atomic E-state index is -1.18. The van der Waals surface area contributed by atoms with Gasteiger partial charge in [0.15, 0.2) is 0 Å². The van der Waals surface area contributed by atoms with E-state index in [2.05, 4.69) is 6.92 Å². The van der Waals surface area contributed by atoms with Crippen molar-refractivity contribution >= 4 is 0 Å². The topological polar surface area (TPSA) is 60.7 Å². The fourth-order valence-electron chi connectivity index (χ4n) is 5.84. The molecular formula is C24H30O3. The molecule has 0 radical (unpaired) electrons. The summed E-state index contributed by atoms with van der Waals surface area (Å²) in [5.41, 5.74) is 1.05. The summed E-state index contributed by atoms with van der Waals surface area (Å²) >= 11 is 0. The van der Waals surface area contributed by atoms with Gasteiger partial charge in [0.2, 0.25) is 0 Å². The lowest BCUT2D eigenvalue weighted by Crippen LogP contribution is -2.64. The largest absolute Gasteiger partial charge is 0.508 e. The van der Waals surface area contributed by atoms with Crippen molar-refractivity contribution in [1.82, 2.24) is 0 Å². The molecule has 144 valence electrons. The fraction of sp³-hybridized carbons (Fsp3) is 0.500. The first-order valence-electron chi connectivity index (χ1n) is 10.1. The second-order valence-corrected chi connectivity index (χ2v) is 8.94. The molecule has 0 amide bonds. The van der Waals surface area contributed by atoms with Crippen LogP contribution >= 0.6 is 0 Å². The monoisotopic (exact) mass is 366 g/mol. The average molecular weight is 367 g/mol. The molecule has 0 aromatic heterocycles. The van der Waals surface area contributed by atoms with Gasteiger partial charge in [-0.25, -0.2) is 0 Å². The van der Waals surface area contributed by atoms with E-state index in [0.717, 1.165) is 24.8 Å². The van der Waals surface area contributed by atoms with Crippen molar-refractivity contribution in [3.8, 4) is 5.75 Å². The molecule has 0 bridgehead atoms. The number of rotatable bonds is 3. The molecule has 0 spiro atoms. The molecular weight excluding hydrogens is 336 g/mol. The van der Waals surface area contributed by atoms with E-state index in [0.29, 0.717) is 30.9 Å². The summed E-state index contributed by atoms with van der Waals surface area (Å²) in [6.07, 6.45) is 4.44. The Bertz CT molecular complexity index is 829.